The van der Waals surface area contributed by atoms with Crippen molar-refractivity contribution < 1.29 is 13.2 Å². The number of sulfone groups is 1. The Morgan fingerprint density at radius 3 is 2.50 bits per heavy atom. The highest BCUT2D eigenvalue weighted by Gasteiger charge is 2.10. The molecule has 28 heavy (non-hydrogen) atoms. The maximum atomic E-state index is 12.5. The van der Waals surface area contributed by atoms with Gasteiger partial charge in [0.2, 0.25) is 0 Å². The minimum atomic E-state index is -3.24. The molecule has 0 saturated carbocycles. The molecule has 1 heterocycles. The fourth-order valence-corrected chi connectivity index (χ4v) is 5.14. The molecule has 0 aliphatic carbocycles. The Balaban J connectivity index is 1.92. The number of hydrogen-bond donors (Lipinski definition) is 0. The lowest BCUT2D eigenvalue weighted by molar-refractivity contribution is -0.117. The number of benzene rings is 2. The Kier molecular flexibility index (Phi) is 6.42. The van der Waals surface area contributed by atoms with Crippen LogP contribution in [-0.2, 0) is 27.6 Å². The predicted octanol–water partition coefficient (Wildman–Crippen LogP) is 3.91. The van der Waals surface area contributed by atoms with Gasteiger partial charge in [0.15, 0.2) is 14.6 Å². The van der Waals surface area contributed by atoms with E-state index in [0.717, 1.165) is 28.7 Å². The van der Waals surface area contributed by atoms with Crippen molar-refractivity contribution in [2.24, 2.45) is 4.99 Å². The van der Waals surface area contributed by atoms with E-state index in [-0.39, 0.29) is 17.2 Å². The number of aromatic nitrogens is 1. The number of thiazole rings is 1. The van der Waals surface area contributed by atoms with Crippen molar-refractivity contribution in [2.45, 2.75) is 36.1 Å². The molecule has 0 N–H and O–H groups in total. The maximum Gasteiger partial charge on any atom is 0.252 e. The molecule has 0 fully saturated rings. The highest BCUT2D eigenvalue weighted by Crippen LogP contribution is 2.24. The van der Waals surface area contributed by atoms with Crippen LogP contribution in [0.2, 0.25) is 0 Å². The van der Waals surface area contributed by atoms with Crippen LogP contribution in [0, 0.1) is 0 Å². The van der Waals surface area contributed by atoms with Gasteiger partial charge in [-0.15, -0.1) is 11.8 Å². The molecular weight excluding hydrogens is 412 g/mol. The van der Waals surface area contributed by atoms with Crippen LogP contribution >= 0.6 is 23.1 Å². The molecule has 0 bridgehead atoms. The second-order valence-electron chi connectivity index (χ2n) is 6.47. The molecule has 1 aromatic heterocycles. The van der Waals surface area contributed by atoms with Gasteiger partial charge in [-0.05, 0) is 48.6 Å². The number of thioether (sulfide) groups is 1. The SMILES string of the molecule is CCCn1c(=NC(=O)Cc2ccc(S(C)(=O)=O)cc2)sc2cc(SC)ccc21. The molecular formula is C20H22N2O3S3. The van der Waals surface area contributed by atoms with Gasteiger partial charge in [0.25, 0.3) is 5.91 Å². The van der Waals surface area contributed by atoms with Crippen molar-refractivity contribution in [1.29, 1.82) is 0 Å². The van der Waals surface area contributed by atoms with Crippen LogP contribution in [0.15, 0.2) is 57.2 Å². The van der Waals surface area contributed by atoms with Crippen molar-refractivity contribution in [3.05, 3.63) is 52.8 Å². The van der Waals surface area contributed by atoms with Crippen LogP contribution in [0.3, 0.4) is 0 Å². The molecule has 0 aliphatic heterocycles. The van der Waals surface area contributed by atoms with Crippen LogP contribution in [0.25, 0.3) is 10.2 Å². The van der Waals surface area contributed by atoms with Crippen molar-refractivity contribution in [1.82, 2.24) is 4.57 Å². The summed E-state index contributed by atoms with van der Waals surface area (Å²) in [4.78, 5) is 19.0. The van der Waals surface area contributed by atoms with E-state index in [1.807, 2.05) is 6.26 Å². The summed E-state index contributed by atoms with van der Waals surface area (Å²) in [6, 6.07) is 12.7. The van der Waals surface area contributed by atoms with E-state index in [1.54, 1.807) is 23.9 Å². The number of carbonyl (C=O) groups is 1. The zero-order valence-corrected chi connectivity index (χ0v) is 18.5. The summed E-state index contributed by atoms with van der Waals surface area (Å²) in [7, 11) is -3.24. The Bertz CT molecular complexity index is 1170. The molecule has 0 atom stereocenters. The van der Waals surface area contributed by atoms with Crippen molar-refractivity contribution in [3.8, 4) is 0 Å². The van der Waals surface area contributed by atoms with E-state index in [9.17, 15) is 13.2 Å². The lowest BCUT2D eigenvalue weighted by Crippen LogP contribution is -2.17. The fourth-order valence-electron chi connectivity index (χ4n) is 2.88. The van der Waals surface area contributed by atoms with Gasteiger partial charge in [-0.3, -0.25) is 4.79 Å². The quantitative estimate of drug-likeness (QED) is 0.552. The Morgan fingerprint density at radius 2 is 1.89 bits per heavy atom. The summed E-state index contributed by atoms with van der Waals surface area (Å²) in [6.07, 6.45) is 4.29. The molecule has 3 rings (SSSR count). The second-order valence-corrected chi connectivity index (χ2v) is 10.4. The highest BCUT2D eigenvalue weighted by atomic mass is 32.2. The molecule has 8 heteroatoms. The van der Waals surface area contributed by atoms with Gasteiger partial charge in [0, 0.05) is 17.7 Å². The standard InChI is InChI=1S/C20H22N2O3S3/c1-4-11-22-17-10-7-15(26-2)13-18(17)27-20(22)21-19(23)12-14-5-8-16(9-6-14)28(3,24)25/h5-10,13H,4,11-12H2,1-3H3. The van der Waals surface area contributed by atoms with Gasteiger partial charge in [0.1, 0.15) is 0 Å². The van der Waals surface area contributed by atoms with Gasteiger partial charge in [0.05, 0.1) is 21.5 Å². The van der Waals surface area contributed by atoms with Crippen LogP contribution < -0.4 is 4.80 Å². The maximum absolute atomic E-state index is 12.5. The summed E-state index contributed by atoms with van der Waals surface area (Å²) in [5.74, 6) is -0.242. The van der Waals surface area contributed by atoms with Crippen molar-refractivity contribution >= 4 is 49.1 Å². The van der Waals surface area contributed by atoms with Gasteiger partial charge in [-0.1, -0.05) is 30.4 Å². The van der Waals surface area contributed by atoms with E-state index in [4.69, 9.17) is 0 Å². The summed E-state index contributed by atoms with van der Waals surface area (Å²) in [6.45, 7) is 2.90. The lowest BCUT2D eigenvalue weighted by Gasteiger charge is -2.03. The van der Waals surface area contributed by atoms with Crippen LogP contribution in [-0.4, -0.2) is 31.4 Å². The first-order valence-corrected chi connectivity index (χ1v) is 12.8. The smallest absolute Gasteiger partial charge is 0.252 e. The van der Waals surface area contributed by atoms with E-state index >= 15 is 0 Å². The fraction of sp³-hybridized carbons (Fsp3) is 0.300. The molecule has 148 valence electrons. The molecule has 2 aromatic carbocycles. The first-order valence-electron chi connectivity index (χ1n) is 8.85. The third-order valence-corrected chi connectivity index (χ3v) is 7.16. The summed E-state index contributed by atoms with van der Waals surface area (Å²) in [5.41, 5.74) is 1.84. The van der Waals surface area contributed by atoms with Gasteiger partial charge in [-0.2, -0.15) is 4.99 Å². The number of nitrogens with zero attached hydrogens (tertiary/aromatic N) is 2. The Hall–Kier alpha value is -1.90. The predicted molar refractivity (Wildman–Crippen MR) is 116 cm³/mol. The highest BCUT2D eigenvalue weighted by molar-refractivity contribution is 7.98. The average Bonchev–Trinajstić information content (AvgIpc) is 2.98. The molecule has 0 radical (unpaired) electrons. The van der Waals surface area contributed by atoms with Crippen LogP contribution in [0.4, 0.5) is 0 Å². The number of carbonyl (C=O) groups excluding carboxylic acids is 1. The third kappa shape index (κ3) is 4.74. The zero-order valence-electron chi connectivity index (χ0n) is 16.0. The number of rotatable bonds is 6. The minimum absolute atomic E-state index is 0.139. The Morgan fingerprint density at radius 1 is 1.18 bits per heavy atom. The van der Waals surface area contributed by atoms with E-state index in [1.165, 1.54) is 34.6 Å². The molecule has 0 spiro atoms. The number of fused-ring (bicyclic) bond motifs is 1. The molecule has 0 unspecified atom stereocenters. The summed E-state index contributed by atoms with van der Waals surface area (Å²) in [5, 5.41) is 0. The second kappa shape index (κ2) is 8.63. The first-order chi connectivity index (χ1) is 13.3. The van der Waals surface area contributed by atoms with Gasteiger partial charge < -0.3 is 4.57 Å². The number of amides is 1. The van der Waals surface area contributed by atoms with E-state index in [0.29, 0.717) is 4.80 Å². The molecule has 5 nitrogen and oxygen atoms in total. The molecule has 3 aromatic rings. The monoisotopic (exact) mass is 434 g/mol. The number of hydrogen-bond acceptors (Lipinski definition) is 5. The minimum Gasteiger partial charge on any atom is -0.316 e. The lowest BCUT2D eigenvalue weighted by atomic mass is 10.1. The Labute approximate surface area is 173 Å². The first kappa shape index (κ1) is 20.8. The van der Waals surface area contributed by atoms with Crippen LogP contribution in [0.5, 0.6) is 0 Å². The molecule has 0 saturated heterocycles. The van der Waals surface area contributed by atoms with E-state index < -0.39 is 9.84 Å². The van der Waals surface area contributed by atoms with Gasteiger partial charge in [-0.25, -0.2) is 8.42 Å². The average molecular weight is 435 g/mol. The number of aryl methyl sites for hydroxylation is 1. The largest absolute Gasteiger partial charge is 0.316 e. The normalized spacial score (nSPS) is 12.6. The summed E-state index contributed by atoms with van der Waals surface area (Å²) >= 11 is 3.21. The topological polar surface area (TPSA) is 68.5 Å². The zero-order chi connectivity index (χ0) is 20.3. The molecule has 0 aliphatic rings. The van der Waals surface area contributed by atoms with Crippen molar-refractivity contribution in [3.63, 3.8) is 0 Å². The third-order valence-electron chi connectivity index (χ3n) is 4.26. The van der Waals surface area contributed by atoms with Crippen molar-refractivity contribution in [2.75, 3.05) is 12.5 Å². The summed E-state index contributed by atoms with van der Waals surface area (Å²) < 4.78 is 26.3. The van der Waals surface area contributed by atoms with Crippen LogP contribution in [0.1, 0.15) is 18.9 Å². The van der Waals surface area contributed by atoms with Gasteiger partial charge >= 0.3 is 0 Å². The molecule has 1 amide bonds. The van der Waals surface area contributed by atoms with E-state index in [2.05, 4.69) is 34.7 Å².